The third-order valence-corrected chi connectivity index (χ3v) is 14.0. The Morgan fingerprint density at radius 3 is 2.00 bits per heavy atom. The summed E-state index contributed by atoms with van der Waals surface area (Å²) in [5.41, 5.74) is 12.2. The number of nitrogens with zero attached hydrogens (tertiary/aromatic N) is 5. The van der Waals surface area contributed by atoms with Gasteiger partial charge < -0.3 is 8.98 Å². The van der Waals surface area contributed by atoms with Crippen LogP contribution in [0.5, 0.6) is 0 Å². The van der Waals surface area contributed by atoms with Crippen molar-refractivity contribution >= 4 is 43.7 Å². The summed E-state index contributed by atoms with van der Waals surface area (Å²) in [6.07, 6.45) is 6.74. The van der Waals surface area contributed by atoms with Crippen LogP contribution < -0.4 is 0 Å². The van der Waals surface area contributed by atoms with Crippen molar-refractivity contribution in [2.45, 2.75) is 51.4 Å². The fraction of sp³-hybridized carbons (Fsp3) is 0.193. The van der Waals surface area contributed by atoms with E-state index in [-0.39, 0.29) is 0 Å². The van der Waals surface area contributed by atoms with E-state index in [9.17, 15) is 5.26 Å². The van der Waals surface area contributed by atoms with Crippen LogP contribution in [0.15, 0.2) is 162 Å². The van der Waals surface area contributed by atoms with Gasteiger partial charge in [0.1, 0.15) is 11.2 Å². The molecule has 0 aliphatic heterocycles. The van der Waals surface area contributed by atoms with Gasteiger partial charge in [-0.1, -0.05) is 117 Å². The van der Waals surface area contributed by atoms with E-state index in [1.807, 2.05) is 60.7 Å². The first kappa shape index (κ1) is 37.4. The van der Waals surface area contributed by atoms with Crippen LogP contribution in [0.25, 0.3) is 94.7 Å². The van der Waals surface area contributed by atoms with E-state index in [1.54, 1.807) is 6.07 Å². The van der Waals surface area contributed by atoms with Gasteiger partial charge in [0, 0.05) is 43.9 Å². The van der Waals surface area contributed by atoms with Gasteiger partial charge in [-0.3, -0.25) is 0 Å². The van der Waals surface area contributed by atoms with E-state index in [4.69, 9.17) is 19.4 Å². The van der Waals surface area contributed by atoms with Crippen LogP contribution in [0.1, 0.15) is 57.1 Å². The van der Waals surface area contributed by atoms with E-state index in [1.165, 1.54) is 48.8 Å². The third-order valence-electron chi connectivity index (χ3n) is 14.0. The zero-order valence-corrected chi connectivity index (χ0v) is 35.4. The van der Waals surface area contributed by atoms with Gasteiger partial charge >= 0.3 is 0 Å². The molecule has 304 valence electrons. The third kappa shape index (κ3) is 6.33. The van der Waals surface area contributed by atoms with Crippen molar-refractivity contribution in [3.63, 3.8) is 0 Å². The highest BCUT2D eigenvalue weighted by Gasteiger charge is 2.45. The van der Waals surface area contributed by atoms with E-state index < -0.39 is 0 Å². The molecule has 6 heteroatoms. The minimum atomic E-state index is 0.314. The molecule has 0 radical (unpaired) electrons. The van der Waals surface area contributed by atoms with Crippen molar-refractivity contribution in [2.75, 3.05) is 0 Å². The Labute approximate surface area is 366 Å². The lowest BCUT2D eigenvalue weighted by Crippen LogP contribution is -2.42. The van der Waals surface area contributed by atoms with Crippen LogP contribution in [-0.2, 0) is 5.41 Å². The van der Waals surface area contributed by atoms with Crippen molar-refractivity contribution in [1.29, 1.82) is 5.26 Å². The molecule has 2 saturated carbocycles. The number of hydrogen-bond acceptors (Lipinski definition) is 5. The molecule has 0 spiro atoms. The number of nitriles is 1. The molecule has 3 aromatic heterocycles. The highest BCUT2D eigenvalue weighted by atomic mass is 16.3. The summed E-state index contributed by atoms with van der Waals surface area (Å²) in [4.78, 5) is 15.5. The maximum absolute atomic E-state index is 9.50. The lowest BCUT2D eigenvalue weighted by molar-refractivity contribution is 0.0780. The molecule has 6 nitrogen and oxygen atoms in total. The Hall–Kier alpha value is -7.36. The van der Waals surface area contributed by atoms with Gasteiger partial charge in [0.05, 0.1) is 22.7 Å². The number of benzene rings is 7. The van der Waals surface area contributed by atoms with Gasteiger partial charge in [-0.25, -0.2) is 15.0 Å². The van der Waals surface area contributed by atoms with Gasteiger partial charge in [0.2, 0.25) is 0 Å². The average molecular weight is 816 g/mol. The molecule has 12 rings (SSSR count). The predicted molar refractivity (Wildman–Crippen MR) is 254 cm³/mol. The average Bonchev–Trinajstić information content (AvgIpc) is 3.86. The molecular formula is C57H45N5O. The first-order valence-electron chi connectivity index (χ1n) is 22.3. The van der Waals surface area contributed by atoms with Crippen molar-refractivity contribution in [3.8, 4) is 57.0 Å². The van der Waals surface area contributed by atoms with Crippen molar-refractivity contribution in [3.05, 3.63) is 169 Å². The summed E-state index contributed by atoms with van der Waals surface area (Å²) in [5, 5.41) is 13.6. The fourth-order valence-electron chi connectivity index (χ4n) is 11.7. The molecule has 10 aromatic rings. The van der Waals surface area contributed by atoms with Crippen molar-refractivity contribution in [1.82, 2.24) is 19.5 Å². The number of hydrogen-bond donors (Lipinski definition) is 0. The molecule has 7 aromatic carbocycles. The molecule has 63 heavy (non-hydrogen) atoms. The summed E-state index contributed by atoms with van der Waals surface area (Å²) in [6, 6.07) is 57.6. The maximum Gasteiger partial charge on any atom is 0.164 e. The van der Waals surface area contributed by atoms with Crippen LogP contribution in [0.3, 0.4) is 0 Å². The Morgan fingerprint density at radius 2 is 1.21 bits per heavy atom. The predicted octanol–water partition coefficient (Wildman–Crippen LogP) is 14.5. The Morgan fingerprint density at radius 1 is 0.556 bits per heavy atom. The van der Waals surface area contributed by atoms with Crippen LogP contribution in [0, 0.1) is 29.1 Å². The minimum absolute atomic E-state index is 0.314. The smallest absolute Gasteiger partial charge is 0.164 e. The second-order valence-corrected chi connectivity index (χ2v) is 18.4. The molecule has 0 saturated heterocycles. The first-order chi connectivity index (χ1) is 30.9. The Balaban J connectivity index is 0.974. The summed E-state index contributed by atoms with van der Waals surface area (Å²) < 4.78 is 8.68. The molecule has 2 fully saturated rings. The summed E-state index contributed by atoms with van der Waals surface area (Å²) >= 11 is 0. The zero-order valence-electron chi connectivity index (χ0n) is 35.4. The SMILES string of the molecule is C[C@@H]1C[C@@H]2C[C@H](C)CC(c3ccc(-c4cccc(-n5c6ccccc6c6c(-c7nc(-c8ccccc8)nc(-c8ccc9c(c8)oc8cc(C#N)ccc89)n7)cccc65)c4)cc3)(C1)C2. The second kappa shape index (κ2) is 14.6. The molecule has 2 aliphatic carbocycles. The number of aromatic nitrogens is 4. The maximum atomic E-state index is 9.50. The van der Waals surface area contributed by atoms with Gasteiger partial charge in [0.15, 0.2) is 17.5 Å². The molecule has 0 N–H and O–H groups in total. The van der Waals surface area contributed by atoms with E-state index in [0.717, 1.165) is 72.7 Å². The molecule has 2 bridgehead atoms. The lowest BCUT2D eigenvalue weighted by atomic mass is 9.54. The van der Waals surface area contributed by atoms with E-state index >= 15 is 0 Å². The molecule has 1 unspecified atom stereocenters. The topological polar surface area (TPSA) is 80.5 Å². The van der Waals surface area contributed by atoms with E-state index in [0.29, 0.717) is 39.6 Å². The quantitative estimate of drug-likeness (QED) is 0.167. The molecule has 4 atom stereocenters. The summed E-state index contributed by atoms with van der Waals surface area (Å²) in [7, 11) is 0. The van der Waals surface area contributed by atoms with Gasteiger partial charge in [0.25, 0.3) is 0 Å². The molecule has 3 heterocycles. The molecular weight excluding hydrogens is 771 g/mol. The number of para-hydroxylation sites is 1. The van der Waals surface area contributed by atoms with Crippen molar-refractivity contribution in [2.24, 2.45) is 17.8 Å². The van der Waals surface area contributed by atoms with Crippen LogP contribution in [0.4, 0.5) is 0 Å². The van der Waals surface area contributed by atoms with Crippen LogP contribution in [0.2, 0.25) is 0 Å². The molecule has 2 aliphatic rings. The minimum Gasteiger partial charge on any atom is -0.456 e. The first-order valence-corrected chi connectivity index (χ1v) is 22.3. The van der Waals surface area contributed by atoms with Gasteiger partial charge in [-0.15, -0.1) is 0 Å². The number of fused-ring (bicyclic) bond motifs is 8. The zero-order chi connectivity index (χ0) is 42.2. The second-order valence-electron chi connectivity index (χ2n) is 18.4. The van der Waals surface area contributed by atoms with Gasteiger partial charge in [-0.05, 0) is 127 Å². The number of rotatable bonds is 6. The summed E-state index contributed by atoms with van der Waals surface area (Å²) in [6.45, 7) is 4.94. The monoisotopic (exact) mass is 815 g/mol. The molecule has 0 amide bonds. The van der Waals surface area contributed by atoms with E-state index in [2.05, 4.69) is 115 Å². The highest BCUT2D eigenvalue weighted by molar-refractivity contribution is 6.15. The number of furan rings is 1. The normalized spacial score (nSPS) is 19.8. The standard InChI is InChI=1S/C57H45N5O/c1-35-26-38-27-36(2)32-57(31-35,33-38)43-22-19-39(20-23-43)41-12-8-13-44(29-41)62-49-16-7-6-14-47(49)53-48(15-9-17-50(53)62)56-60-54(40-10-4-3-5-11-40)59-55(61-56)42-21-25-46-45-24-18-37(34-58)28-51(45)63-52(46)30-42/h3-25,28-30,35-36,38H,26-27,31-33H2,1-2H3/t35-,36+,38-,57?. The largest absolute Gasteiger partial charge is 0.456 e. The van der Waals surface area contributed by atoms with Crippen LogP contribution in [-0.4, -0.2) is 19.5 Å². The van der Waals surface area contributed by atoms with Gasteiger partial charge in [-0.2, -0.15) is 5.26 Å². The van der Waals surface area contributed by atoms with Crippen molar-refractivity contribution < 1.29 is 4.42 Å². The fourth-order valence-corrected chi connectivity index (χ4v) is 11.7. The summed E-state index contributed by atoms with van der Waals surface area (Å²) in [5.74, 6) is 4.17. The highest BCUT2D eigenvalue weighted by Crippen LogP contribution is 2.54. The lowest BCUT2D eigenvalue weighted by Gasteiger charge is -2.50. The Kier molecular flexibility index (Phi) is 8.69. The van der Waals surface area contributed by atoms with Crippen LogP contribution >= 0.6 is 0 Å². The Bertz CT molecular complexity index is 3430.